The van der Waals surface area contributed by atoms with Gasteiger partial charge in [-0.25, -0.2) is 10.8 Å². The van der Waals surface area contributed by atoms with Crippen LogP contribution in [0, 0.1) is 6.92 Å². The number of aryl methyl sites for hydroxylation is 1. The number of nitrogens with two attached hydrogens (primary N) is 1. The third-order valence-corrected chi connectivity index (χ3v) is 1.46. The fraction of sp³-hybridized carbons (Fsp3) is 0.333. The molecule has 1 rings (SSSR count). The number of hydrazine groups is 1. The molecule has 0 unspecified atom stereocenters. The van der Waals surface area contributed by atoms with Crippen molar-refractivity contribution in [1.82, 2.24) is 15.7 Å². The molecule has 1 aromatic rings. The number of thiocarbonyl (C=S) groups is 1. The zero-order chi connectivity index (χ0) is 8.97. The van der Waals surface area contributed by atoms with Crippen molar-refractivity contribution >= 4 is 17.3 Å². The minimum Gasteiger partial charge on any atom is -0.444 e. The summed E-state index contributed by atoms with van der Waals surface area (Å²) >= 11 is 4.74. The van der Waals surface area contributed by atoms with Crippen LogP contribution in [0.1, 0.15) is 11.7 Å². The van der Waals surface area contributed by atoms with Crippen LogP contribution in [0.25, 0.3) is 0 Å². The van der Waals surface area contributed by atoms with E-state index in [4.69, 9.17) is 22.5 Å². The largest absolute Gasteiger partial charge is 0.444 e. The van der Waals surface area contributed by atoms with Gasteiger partial charge in [-0.1, -0.05) is 0 Å². The molecule has 6 heteroatoms. The smallest absolute Gasteiger partial charge is 0.213 e. The lowest BCUT2D eigenvalue weighted by atomic mass is 10.6. The molecular weight excluding hydrogens is 176 g/mol. The van der Waals surface area contributed by atoms with Gasteiger partial charge in [-0.15, -0.1) is 0 Å². The molecule has 0 saturated carbocycles. The standard InChI is InChI=1S/C6H10N4OS/c1-4-2-8-5(11-4)3-9-6(12)10-7/h2H,3,7H2,1H3,(H2,9,10,12). The maximum absolute atomic E-state index is 5.18. The summed E-state index contributed by atoms with van der Waals surface area (Å²) in [6.07, 6.45) is 1.65. The number of hydrogen-bond acceptors (Lipinski definition) is 4. The Morgan fingerprint density at radius 1 is 1.83 bits per heavy atom. The van der Waals surface area contributed by atoms with Gasteiger partial charge in [-0.3, -0.25) is 0 Å². The van der Waals surface area contributed by atoms with Gasteiger partial charge in [-0.05, 0) is 19.1 Å². The first kappa shape index (κ1) is 8.95. The second kappa shape index (κ2) is 4.03. The van der Waals surface area contributed by atoms with Crippen molar-refractivity contribution in [3.63, 3.8) is 0 Å². The molecule has 1 heterocycles. The number of rotatable bonds is 2. The minimum atomic E-state index is 0.367. The van der Waals surface area contributed by atoms with E-state index >= 15 is 0 Å². The Labute approximate surface area is 75.3 Å². The van der Waals surface area contributed by atoms with Crippen molar-refractivity contribution in [1.29, 1.82) is 0 Å². The summed E-state index contributed by atoms with van der Waals surface area (Å²) in [5.74, 6) is 6.40. The molecular formula is C6H10N4OS. The van der Waals surface area contributed by atoms with E-state index in [-0.39, 0.29) is 0 Å². The SMILES string of the molecule is Cc1cnc(CNC(=S)NN)o1. The van der Waals surface area contributed by atoms with Gasteiger partial charge in [0.25, 0.3) is 0 Å². The molecule has 0 amide bonds. The first-order valence-corrected chi connectivity index (χ1v) is 3.79. The van der Waals surface area contributed by atoms with Crippen molar-refractivity contribution in [2.24, 2.45) is 5.84 Å². The number of nitrogens with one attached hydrogen (secondary N) is 2. The Morgan fingerprint density at radius 2 is 2.58 bits per heavy atom. The van der Waals surface area contributed by atoms with Crippen LogP contribution in [0.15, 0.2) is 10.6 Å². The summed E-state index contributed by atoms with van der Waals surface area (Å²) in [6, 6.07) is 0. The highest BCUT2D eigenvalue weighted by Gasteiger charge is 1.99. The van der Waals surface area contributed by atoms with Crippen molar-refractivity contribution in [2.75, 3.05) is 0 Å². The maximum Gasteiger partial charge on any atom is 0.213 e. The van der Waals surface area contributed by atoms with Gasteiger partial charge < -0.3 is 15.2 Å². The molecule has 0 saturated heterocycles. The van der Waals surface area contributed by atoms with Crippen molar-refractivity contribution in [3.05, 3.63) is 17.8 Å². The predicted molar refractivity (Wildman–Crippen MR) is 48.0 cm³/mol. The topological polar surface area (TPSA) is 76.1 Å². The van der Waals surface area contributed by atoms with Crippen LogP contribution in [0.5, 0.6) is 0 Å². The summed E-state index contributed by atoms with van der Waals surface area (Å²) in [6.45, 7) is 2.27. The number of oxazole rings is 1. The third kappa shape index (κ3) is 2.48. The molecule has 0 aliphatic rings. The van der Waals surface area contributed by atoms with Crippen LogP contribution in [0.4, 0.5) is 0 Å². The Balaban J connectivity index is 2.38. The normalized spacial score (nSPS) is 9.50. The number of nitrogens with zero attached hydrogens (tertiary/aromatic N) is 1. The molecule has 1 aromatic heterocycles. The monoisotopic (exact) mass is 186 g/mol. The molecule has 0 atom stereocenters. The molecule has 66 valence electrons. The van der Waals surface area contributed by atoms with Crippen LogP contribution in [0.3, 0.4) is 0 Å². The number of aromatic nitrogens is 1. The van der Waals surface area contributed by atoms with Gasteiger partial charge in [0.1, 0.15) is 5.76 Å². The summed E-state index contributed by atoms with van der Waals surface area (Å²) in [7, 11) is 0. The first-order chi connectivity index (χ1) is 5.72. The van der Waals surface area contributed by atoms with Crippen molar-refractivity contribution < 1.29 is 4.42 Å². The fourth-order valence-corrected chi connectivity index (χ4v) is 0.762. The Bertz CT molecular complexity index is 272. The molecule has 0 aliphatic carbocycles. The van der Waals surface area contributed by atoms with E-state index in [2.05, 4.69) is 15.7 Å². The predicted octanol–water partition coefficient (Wildman–Crippen LogP) is -0.179. The molecule has 0 aliphatic heterocycles. The summed E-state index contributed by atoms with van der Waals surface area (Å²) in [4.78, 5) is 3.96. The van der Waals surface area contributed by atoms with E-state index in [1.165, 1.54) is 0 Å². The van der Waals surface area contributed by atoms with E-state index in [0.29, 0.717) is 17.5 Å². The van der Waals surface area contributed by atoms with E-state index in [0.717, 1.165) is 5.76 Å². The second-order valence-electron chi connectivity index (χ2n) is 2.19. The highest BCUT2D eigenvalue weighted by Crippen LogP contribution is 1.99. The van der Waals surface area contributed by atoms with Gasteiger partial charge in [0, 0.05) is 0 Å². The van der Waals surface area contributed by atoms with Crippen LogP contribution in [0.2, 0.25) is 0 Å². The summed E-state index contributed by atoms with van der Waals surface area (Å²) in [5.41, 5.74) is 2.29. The molecule has 5 nitrogen and oxygen atoms in total. The molecule has 0 spiro atoms. The summed E-state index contributed by atoms with van der Waals surface area (Å²) in [5, 5.41) is 3.17. The summed E-state index contributed by atoms with van der Waals surface area (Å²) < 4.78 is 5.18. The van der Waals surface area contributed by atoms with Crippen molar-refractivity contribution in [2.45, 2.75) is 13.5 Å². The Hall–Kier alpha value is -1.14. The lowest BCUT2D eigenvalue weighted by molar-refractivity contribution is 0.465. The van der Waals surface area contributed by atoms with E-state index in [1.54, 1.807) is 6.20 Å². The average Bonchev–Trinajstić information content (AvgIpc) is 2.47. The first-order valence-electron chi connectivity index (χ1n) is 3.38. The van der Waals surface area contributed by atoms with Gasteiger partial charge >= 0.3 is 0 Å². The average molecular weight is 186 g/mol. The van der Waals surface area contributed by atoms with Crippen molar-refractivity contribution in [3.8, 4) is 0 Å². The number of hydrogen-bond donors (Lipinski definition) is 3. The molecule has 0 fully saturated rings. The quantitative estimate of drug-likeness (QED) is 0.338. The van der Waals surface area contributed by atoms with E-state index in [9.17, 15) is 0 Å². The zero-order valence-corrected chi connectivity index (χ0v) is 7.44. The Morgan fingerprint density at radius 3 is 3.08 bits per heavy atom. The van der Waals surface area contributed by atoms with Gasteiger partial charge in [0.05, 0.1) is 12.7 Å². The van der Waals surface area contributed by atoms with Gasteiger partial charge in [0.2, 0.25) is 5.89 Å². The molecule has 0 radical (unpaired) electrons. The van der Waals surface area contributed by atoms with Crippen LogP contribution in [-0.4, -0.2) is 10.1 Å². The van der Waals surface area contributed by atoms with E-state index in [1.807, 2.05) is 6.92 Å². The van der Waals surface area contributed by atoms with Crippen LogP contribution >= 0.6 is 12.2 Å². The fourth-order valence-electron chi connectivity index (χ4n) is 0.690. The minimum absolute atomic E-state index is 0.367. The Kier molecular flexibility index (Phi) is 3.01. The third-order valence-electron chi connectivity index (χ3n) is 1.20. The van der Waals surface area contributed by atoms with Crippen LogP contribution in [-0.2, 0) is 6.54 Å². The molecule has 12 heavy (non-hydrogen) atoms. The lowest BCUT2D eigenvalue weighted by Crippen LogP contribution is -2.39. The molecule has 0 bridgehead atoms. The van der Waals surface area contributed by atoms with Gasteiger partial charge in [-0.2, -0.15) is 0 Å². The van der Waals surface area contributed by atoms with Gasteiger partial charge in [0.15, 0.2) is 5.11 Å². The highest BCUT2D eigenvalue weighted by atomic mass is 32.1. The zero-order valence-electron chi connectivity index (χ0n) is 6.63. The highest BCUT2D eigenvalue weighted by molar-refractivity contribution is 7.80. The maximum atomic E-state index is 5.18. The molecule has 0 aromatic carbocycles. The second-order valence-corrected chi connectivity index (χ2v) is 2.60. The lowest BCUT2D eigenvalue weighted by Gasteiger charge is -2.02. The molecule has 4 N–H and O–H groups in total. The van der Waals surface area contributed by atoms with Crippen LogP contribution < -0.4 is 16.6 Å². The van der Waals surface area contributed by atoms with E-state index < -0.39 is 0 Å².